The summed E-state index contributed by atoms with van der Waals surface area (Å²) in [6, 6.07) is 6.93. The Hall–Kier alpha value is -4.67. The number of nitrogens with zero attached hydrogens (tertiary/aromatic N) is 4. The Bertz CT molecular complexity index is 1660. The molecule has 1 aromatic rings. The molecule has 2 rings (SSSR count). The molecule has 0 aliphatic carbocycles. The highest BCUT2D eigenvalue weighted by atomic mass is 32.2. The van der Waals surface area contributed by atoms with E-state index < -0.39 is 41.8 Å². The first-order valence-electron chi connectivity index (χ1n) is 22.3. The minimum atomic E-state index is -1.03. The van der Waals surface area contributed by atoms with Crippen molar-refractivity contribution >= 4 is 64.7 Å². The first kappa shape index (κ1) is 56.5. The molecule has 0 bridgehead atoms. The third kappa shape index (κ3) is 24.4. The number of benzene rings is 1. The van der Waals surface area contributed by atoms with Crippen molar-refractivity contribution in [2.75, 3.05) is 109 Å². The predicted octanol–water partition coefficient (Wildman–Crippen LogP) is 1.06. The van der Waals surface area contributed by atoms with Crippen LogP contribution in [0.25, 0.3) is 0 Å². The van der Waals surface area contributed by atoms with Gasteiger partial charge in [-0.05, 0) is 48.5 Å². The zero-order chi connectivity index (χ0) is 48.3. The number of carbonyl (C=O) groups is 8. The third-order valence-corrected chi connectivity index (χ3v) is 12.1. The van der Waals surface area contributed by atoms with E-state index in [1.165, 1.54) is 0 Å². The van der Waals surface area contributed by atoms with Crippen molar-refractivity contribution in [2.45, 2.75) is 71.9 Å². The molecule has 1 fully saturated rings. The standard InChI is InChI=1S/C44H72N8O12S/c1-5-31(2)35(44(64)45-13-6-7-37(53)32(3)23-40(56)57)24-38(54)36(12-22-65-4)48-30-47-34-10-8-33(9-11-34)25-46-39(55)26-49-14-16-50(27-41(58)59)18-20-52(29-43(62)63)21-19-51(17-15-49)28-42(60)61/h8-11,31-32,35-36,47-48H,5-7,12-30H2,1-4H3,(H,45,64)(H,46,55)(H,56,57)(H,58,59)(H,60,61)(H,62,63)/t31-,32?,35-,36-/m0/s1. The molecular weight excluding hydrogens is 865 g/mol. The zero-order valence-corrected chi connectivity index (χ0v) is 39.2. The Morgan fingerprint density at radius 1 is 0.677 bits per heavy atom. The number of carbonyl (C=O) groups excluding carboxylic acids is 4. The molecule has 2 amide bonds. The van der Waals surface area contributed by atoms with E-state index in [2.05, 4.69) is 21.3 Å². The topological polar surface area (TPSA) is 279 Å². The number of carboxylic acid groups (broad SMARTS) is 4. The Morgan fingerprint density at radius 2 is 1.18 bits per heavy atom. The Balaban J connectivity index is 1.96. The van der Waals surface area contributed by atoms with Crippen LogP contribution in [0.15, 0.2) is 24.3 Å². The van der Waals surface area contributed by atoms with Crippen LogP contribution in [0.1, 0.15) is 64.9 Å². The van der Waals surface area contributed by atoms with Gasteiger partial charge in [0.25, 0.3) is 0 Å². The summed E-state index contributed by atoms with van der Waals surface area (Å²) in [6.45, 7) is 7.87. The Labute approximate surface area is 386 Å². The molecule has 0 radical (unpaired) electrons. The summed E-state index contributed by atoms with van der Waals surface area (Å²) in [5, 5.41) is 49.7. The fraction of sp³-hybridized carbons (Fsp3) is 0.682. The first-order chi connectivity index (χ1) is 30.9. The van der Waals surface area contributed by atoms with E-state index in [0.717, 1.165) is 17.0 Å². The second kappa shape index (κ2) is 31.3. The SMILES string of the molecule is CC[C@H](C)[C@H](CC(=O)[C@H](CCSC)NCNc1ccc(CNC(=O)CN2CCN(CC(=O)O)CCN(CC(=O)O)CCN(CC(=O)O)CC2)cc1)C(=O)NCCCC(=O)C(C)CC(=O)O. The van der Waals surface area contributed by atoms with Crippen molar-refractivity contribution in [1.29, 1.82) is 0 Å². The number of aliphatic carboxylic acids is 4. The molecule has 20 nitrogen and oxygen atoms in total. The molecule has 366 valence electrons. The molecule has 1 heterocycles. The van der Waals surface area contributed by atoms with E-state index in [-0.39, 0.29) is 121 Å². The quantitative estimate of drug-likeness (QED) is 0.0396. The summed E-state index contributed by atoms with van der Waals surface area (Å²) >= 11 is 1.62. The van der Waals surface area contributed by atoms with Crippen LogP contribution in [0.2, 0.25) is 0 Å². The van der Waals surface area contributed by atoms with Gasteiger partial charge in [0.1, 0.15) is 5.78 Å². The van der Waals surface area contributed by atoms with Crippen molar-refractivity contribution in [3.8, 4) is 0 Å². The second-order valence-electron chi connectivity index (χ2n) is 16.7. The normalized spacial score (nSPS) is 16.7. The number of rotatable bonds is 30. The largest absolute Gasteiger partial charge is 0.481 e. The highest BCUT2D eigenvalue weighted by Crippen LogP contribution is 2.22. The number of amides is 2. The van der Waals surface area contributed by atoms with Crippen LogP contribution in [0, 0.1) is 17.8 Å². The van der Waals surface area contributed by atoms with Crippen LogP contribution < -0.4 is 21.3 Å². The van der Waals surface area contributed by atoms with Crippen molar-refractivity contribution in [2.24, 2.45) is 17.8 Å². The van der Waals surface area contributed by atoms with E-state index in [1.54, 1.807) is 33.4 Å². The molecule has 0 aromatic heterocycles. The first-order valence-corrected chi connectivity index (χ1v) is 23.7. The maximum atomic E-state index is 13.7. The molecule has 1 aliphatic rings. The van der Waals surface area contributed by atoms with E-state index in [0.29, 0.717) is 45.4 Å². The van der Waals surface area contributed by atoms with Crippen LogP contribution in [-0.4, -0.2) is 197 Å². The van der Waals surface area contributed by atoms with Crippen molar-refractivity contribution in [1.82, 2.24) is 35.6 Å². The van der Waals surface area contributed by atoms with Gasteiger partial charge in [0.2, 0.25) is 11.8 Å². The van der Waals surface area contributed by atoms with Gasteiger partial charge in [-0.1, -0.05) is 39.3 Å². The van der Waals surface area contributed by atoms with Gasteiger partial charge in [0, 0.05) is 95.8 Å². The molecule has 1 aliphatic heterocycles. The summed E-state index contributed by atoms with van der Waals surface area (Å²) < 4.78 is 0. The van der Waals surface area contributed by atoms with Gasteiger partial charge < -0.3 is 36.4 Å². The summed E-state index contributed by atoms with van der Waals surface area (Å²) in [5.41, 5.74) is 1.61. The lowest BCUT2D eigenvalue weighted by molar-refractivity contribution is -0.140. The molecule has 1 aromatic carbocycles. The minimum absolute atomic E-state index is 0.00336. The summed E-state index contributed by atoms with van der Waals surface area (Å²) in [7, 11) is 0. The molecule has 1 unspecified atom stereocenters. The van der Waals surface area contributed by atoms with Gasteiger partial charge in [-0.2, -0.15) is 11.8 Å². The second-order valence-corrected chi connectivity index (χ2v) is 17.7. The molecule has 1 saturated heterocycles. The van der Waals surface area contributed by atoms with Gasteiger partial charge in [-0.25, -0.2) is 0 Å². The van der Waals surface area contributed by atoms with E-state index in [1.807, 2.05) is 49.3 Å². The molecule has 8 N–H and O–H groups in total. The molecule has 21 heteroatoms. The van der Waals surface area contributed by atoms with Gasteiger partial charge >= 0.3 is 23.9 Å². The lowest BCUT2D eigenvalue weighted by Crippen LogP contribution is -2.49. The van der Waals surface area contributed by atoms with E-state index in [9.17, 15) is 53.7 Å². The van der Waals surface area contributed by atoms with Gasteiger partial charge in [-0.15, -0.1) is 0 Å². The number of carboxylic acids is 4. The van der Waals surface area contributed by atoms with Gasteiger partial charge in [0.05, 0.1) is 45.3 Å². The Kier molecular flexibility index (Phi) is 27.2. The van der Waals surface area contributed by atoms with Crippen molar-refractivity contribution < 1.29 is 58.8 Å². The predicted molar refractivity (Wildman–Crippen MR) is 247 cm³/mol. The van der Waals surface area contributed by atoms with E-state index >= 15 is 0 Å². The maximum Gasteiger partial charge on any atom is 0.317 e. The number of nitrogens with one attached hydrogen (secondary N) is 4. The van der Waals surface area contributed by atoms with Gasteiger partial charge in [0.15, 0.2) is 5.78 Å². The number of hydrogen-bond donors (Lipinski definition) is 8. The smallest absolute Gasteiger partial charge is 0.317 e. The average Bonchev–Trinajstić information content (AvgIpc) is 3.24. The lowest BCUT2D eigenvalue weighted by Gasteiger charge is -2.32. The van der Waals surface area contributed by atoms with Crippen molar-refractivity contribution in [3.05, 3.63) is 29.8 Å². The summed E-state index contributed by atoms with van der Waals surface area (Å²) in [6.07, 6.45) is 3.59. The number of hydrogen-bond acceptors (Lipinski definition) is 15. The maximum absolute atomic E-state index is 13.7. The zero-order valence-electron chi connectivity index (χ0n) is 38.4. The van der Waals surface area contributed by atoms with Crippen LogP contribution in [0.4, 0.5) is 5.69 Å². The monoisotopic (exact) mass is 936 g/mol. The van der Waals surface area contributed by atoms with Crippen LogP contribution in [0.5, 0.6) is 0 Å². The van der Waals surface area contributed by atoms with Crippen LogP contribution in [0.3, 0.4) is 0 Å². The molecule has 0 spiro atoms. The van der Waals surface area contributed by atoms with E-state index in [4.69, 9.17) is 5.11 Å². The highest BCUT2D eigenvalue weighted by molar-refractivity contribution is 7.98. The summed E-state index contributed by atoms with van der Waals surface area (Å²) in [4.78, 5) is 105. The van der Waals surface area contributed by atoms with Crippen molar-refractivity contribution in [3.63, 3.8) is 0 Å². The number of Topliss-reactive ketones (excluding diaryl/α,β-unsaturated/α-hetero) is 2. The molecule has 65 heavy (non-hydrogen) atoms. The molecule has 4 atom stereocenters. The van der Waals surface area contributed by atoms with Gasteiger partial charge in [-0.3, -0.25) is 63.3 Å². The minimum Gasteiger partial charge on any atom is -0.481 e. The average molecular weight is 937 g/mol. The molecular formula is C44H72N8O12S. The highest BCUT2D eigenvalue weighted by Gasteiger charge is 2.30. The third-order valence-electron chi connectivity index (χ3n) is 11.5. The Morgan fingerprint density at radius 3 is 1.65 bits per heavy atom. The fourth-order valence-electron chi connectivity index (χ4n) is 7.30. The van der Waals surface area contributed by atoms with Crippen LogP contribution >= 0.6 is 11.8 Å². The number of ketones is 2. The summed E-state index contributed by atoms with van der Waals surface area (Å²) in [5.74, 6) is -5.34. The van der Waals surface area contributed by atoms with Crippen LogP contribution in [-0.2, 0) is 44.9 Å². The molecule has 0 saturated carbocycles. The number of anilines is 1. The fourth-order valence-corrected chi connectivity index (χ4v) is 7.77. The number of thioether (sulfide) groups is 1. The lowest BCUT2D eigenvalue weighted by atomic mass is 9.85.